The highest BCUT2D eigenvalue weighted by atomic mass is 15.2. The standard InChI is InChI=1S/C16H28N2/c1-4-5-6-10-16(18-17)15-9-7-8-14(12-15)11-13(2)3/h7-9,12-13,16,18H,4-6,10-11,17H2,1-3H3. The molecule has 102 valence electrons. The van der Waals surface area contributed by atoms with Crippen molar-refractivity contribution in [1.82, 2.24) is 5.43 Å². The van der Waals surface area contributed by atoms with Crippen molar-refractivity contribution in [2.75, 3.05) is 0 Å². The van der Waals surface area contributed by atoms with Gasteiger partial charge in [0.05, 0.1) is 0 Å². The first-order valence-electron chi connectivity index (χ1n) is 7.22. The lowest BCUT2D eigenvalue weighted by molar-refractivity contribution is 0.486. The lowest BCUT2D eigenvalue weighted by atomic mass is 9.96. The zero-order chi connectivity index (χ0) is 13.4. The van der Waals surface area contributed by atoms with Crippen LogP contribution in [0.5, 0.6) is 0 Å². The molecule has 2 nitrogen and oxygen atoms in total. The Hall–Kier alpha value is -0.860. The van der Waals surface area contributed by atoms with Gasteiger partial charge in [-0.05, 0) is 29.9 Å². The number of rotatable bonds is 8. The van der Waals surface area contributed by atoms with Crippen molar-refractivity contribution in [1.29, 1.82) is 0 Å². The van der Waals surface area contributed by atoms with Crippen LogP contribution in [0.15, 0.2) is 24.3 Å². The number of benzene rings is 1. The van der Waals surface area contributed by atoms with E-state index in [0.29, 0.717) is 12.0 Å². The first kappa shape index (κ1) is 15.2. The Morgan fingerprint density at radius 1 is 1.22 bits per heavy atom. The van der Waals surface area contributed by atoms with Crippen LogP contribution in [0.4, 0.5) is 0 Å². The van der Waals surface area contributed by atoms with Gasteiger partial charge in [0, 0.05) is 6.04 Å². The molecule has 0 radical (unpaired) electrons. The van der Waals surface area contributed by atoms with Crippen LogP contribution < -0.4 is 11.3 Å². The SMILES string of the molecule is CCCCCC(NN)c1cccc(CC(C)C)c1. The molecule has 0 aliphatic carbocycles. The first-order chi connectivity index (χ1) is 8.67. The Balaban J connectivity index is 2.66. The van der Waals surface area contributed by atoms with E-state index < -0.39 is 0 Å². The zero-order valence-corrected chi connectivity index (χ0v) is 12.1. The summed E-state index contributed by atoms with van der Waals surface area (Å²) in [6.07, 6.45) is 6.03. The molecule has 0 aliphatic rings. The highest BCUT2D eigenvalue weighted by molar-refractivity contribution is 5.26. The summed E-state index contributed by atoms with van der Waals surface area (Å²) in [5.74, 6) is 6.39. The van der Waals surface area contributed by atoms with Gasteiger partial charge in [-0.15, -0.1) is 0 Å². The molecule has 0 spiro atoms. The summed E-state index contributed by atoms with van der Waals surface area (Å²) < 4.78 is 0. The number of unbranched alkanes of at least 4 members (excludes halogenated alkanes) is 2. The minimum absolute atomic E-state index is 0.295. The molecule has 0 aromatic heterocycles. The van der Waals surface area contributed by atoms with Gasteiger partial charge in [0.15, 0.2) is 0 Å². The van der Waals surface area contributed by atoms with Crippen molar-refractivity contribution in [3.63, 3.8) is 0 Å². The van der Waals surface area contributed by atoms with Crippen LogP contribution in [-0.4, -0.2) is 0 Å². The van der Waals surface area contributed by atoms with Gasteiger partial charge in [0.25, 0.3) is 0 Å². The number of nitrogens with two attached hydrogens (primary N) is 1. The van der Waals surface area contributed by atoms with Crippen LogP contribution in [0, 0.1) is 5.92 Å². The molecule has 1 aromatic rings. The maximum absolute atomic E-state index is 5.69. The second-order valence-corrected chi connectivity index (χ2v) is 5.56. The van der Waals surface area contributed by atoms with E-state index in [-0.39, 0.29) is 0 Å². The van der Waals surface area contributed by atoms with Crippen LogP contribution in [-0.2, 0) is 6.42 Å². The molecule has 18 heavy (non-hydrogen) atoms. The lowest BCUT2D eigenvalue weighted by Gasteiger charge is -2.17. The van der Waals surface area contributed by atoms with Crippen molar-refractivity contribution >= 4 is 0 Å². The number of hydrogen-bond donors (Lipinski definition) is 2. The molecule has 0 fully saturated rings. The zero-order valence-electron chi connectivity index (χ0n) is 12.1. The fourth-order valence-electron chi connectivity index (χ4n) is 2.35. The number of hydrazine groups is 1. The molecule has 0 saturated carbocycles. The van der Waals surface area contributed by atoms with Crippen molar-refractivity contribution in [3.05, 3.63) is 35.4 Å². The van der Waals surface area contributed by atoms with E-state index in [1.165, 1.54) is 30.4 Å². The van der Waals surface area contributed by atoms with Crippen molar-refractivity contribution in [2.24, 2.45) is 11.8 Å². The molecule has 0 saturated heterocycles. The van der Waals surface area contributed by atoms with Gasteiger partial charge in [-0.25, -0.2) is 0 Å². The van der Waals surface area contributed by atoms with E-state index in [0.717, 1.165) is 12.8 Å². The predicted octanol–water partition coefficient (Wildman–Crippen LogP) is 3.97. The van der Waals surface area contributed by atoms with Crippen LogP contribution in [0.2, 0.25) is 0 Å². The summed E-state index contributed by atoms with van der Waals surface area (Å²) in [7, 11) is 0. The number of nitrogens with one attached hydrogen (secondary N) is 1. The van der Waals surface area contributed by atoms with Crippen LogP contribution >= 0.6 is 0 Å². The molecular formula is C16H28N2. The summed E-state index contributed by atoms with van der Waals surface area (Å²) in [4.78, 5) is 0. The summed E-state index contributed by atoms with van der Waals surface area (Å²) in [5.41, 5.74) is 5.70. The van der Waals surface area contributed by atoms with Gasteiger partial charge in [-0.1, -0.05) is 64.3 Å². The molecule has 0 amide bonds. The normalized spacial score (nSPS) is 12.9. The van der Waals surface area contributed by atoms with Gasteiger partial charge in [0.1, 0.15) is 0 Å². The first-order valence-corrected chi connectivity index (χ1v) is 7.22. The Morgan fingerprint density at radius 2 is 2.00 bits per heavy atom. The maximum Gasteiger partial charge on any atom is 0.0460 e. The highest BCUT2D eigenvalue weighted by Gasteiger charge is 2.09. The van der Waals surface area contributed by atoms with E-state index in [4.69, 9.17) is 5.84 Å². The largest absolute Gasteiger partial charge is 0.271 e. The molecule has 0 heterocycles. The molecule has 1 aromatic carbocycles. The van der Waals surface area contributed by atoms with E-state index in [1.807, 2.05) is 0 Å². The minimum Gasteiger partial charge on any atom is -0.271 e. The Bertz CT molecular complexity index is 334. The minimum atomic E-state index is 0.295. The van der Waals surface area contributed by atoms with Crippen molar-refractivity contribution in [3.8, 4) is 0 Å². The van der Waals surface area contributed by atoms with Gasteiger partial charge in [0.2, 0.25) is 0 Å². The second-order valence-electron chi connectivity index (χ2n) is 5.56. The van der Waals surface area contributed by atoms with Gasteiger partial charge < -0.3 is 0 Å². The molecule has 0 bridgehead atoms. The molecular weight excluding hydrogens is 220 g/mol. The van der Waals surface area contributed by atoms with Gasteiger partial charge in [-0.3, -0.25) is 11.3 Å². The third-order valence-electron chi connectivity index (χ3n) is 3.29. The van der Waals surface area contributed by atoms with Gasteiger partial charge >= 0.3 is 0 Å². The van der Waals surface area contributed by atoms with Crippen LogP contribution in [0.3, 0.4) is 0 Å². The smallest absolute Gasteiger partial charge is 0.0460 e. The summed E-state index contributed by atoms with van der Waals surface area (Å²) >= 11 is 0. The Kier molecular flexibility index (Phi) is 6.99. The average Bonchev–Trinajstić information content (AvgIpc) is 2.34. The third-order valence-corrected chi connectivity index (χ3v) is 3.29. The quantitative estimate of drug-likeness (QED) is 0.415. The Labute approximate surface area is 112 Å². The van der Waals surface area contributed by atoms with E-state index >= 15 is 0 Å². The molecule has 1 atom stereocenters. The number of hydrogen-bond acceptors (Lipinski definition) is 2. The predicted molar refractivity (Wildman–Crippen MR) is 79.2 cm³/mol. The topological polar surface area (TPSA) is 38.0 Å². The maximum atomic E-state index is 5.69. The summed E-state index contributed by atoms with van der Waals surface area (Å²) in [6, 6.07) is 9.14. The van der Waals surface area contributed by atoms with E-state index in [1.54, 1.807) is 0 Å². The second kappa shape index (κ2) is 8.28. The van der Waals surface area contributed by atoms with Crippen molar-refractivity contribution in [2.45, 2.75) is 58.9 Å². The van der Waals surface area contributed by atoms with Gasteiger partial charge in [-0.2, -0.15) is 0 Å². The lowest BCUT2D eigenvalue weighted by Crippen LogP contribution is -2.28. The Morgan fingerprint density at radius 3 is 2.61 bits per heavy atom. The van der Waals surface area contributed by atoms with Crippen LogP contribution in [0.1, 0.15) is 63.6 Å². The molecule has 1 rings (SSSR count). The molecule has 3 N–H and O–H groups in total. The molecule has 0 aliphatic heterocycles. The fraction of sp³-hybridized carbons (Fsp3) is 0.625. The monoisotopic (exact) mass is 248 g/mol. The van der Waals surface area contributed by atoms with E-state index in [9.17, 15) is 0 Å². The van der Waals surface area contributed by atoms with Crippen LogP contribution in [0.25, 0.3) is 0 Å². The molecule has 1 unspecified atom stereocenters. The highest BCUT2D eigenvalue weighted by Crippen LogP contribution is 2.21. The van der Waals surface area contributed by atoms with Crippen molar-refractivity contribution < 1.29 is 0 Å². The van der Waals surface area contributed by atoms with E-state index in [2.05, 4.69) is 50.5 Å². The summed E-state index contributed by atoms with van der Waals surface area (Å²) in [5, 5.41) is 0. The molecule has 2 heteroatoms. The third kappa shape index (κ3) is 5.19. The fourth-order valence-corrected chi connectivity index (χ4v) is 2.35. The summed E-state index contributed by atoms with van der Waals surface area (Å²) in [6.45, 7) is 6.74. The average molecular weight is 248 g/mol.